The van der Waals surface area contributed by atoms with Crippen molar-refractivity contribution in [2.24, 2.45) is 0 Å². The predicted octanol–water partition coefficient (Wildman–Crippen LogP) is 5.68. The van der Waals surface area contributed by atoms with E-state index in [0.717, 1.165) is 64.9 Å². The molecule has 2 aromatic carbocycles. The number of nitro groups is 1. The number of aromatic nitrogens is 5. The van der Waals surface area contributed by atoms with E-state index < -0.39 is 10.8 Å². The van der Waals surface area contributed by atoms with Crippen LogP contribution in [0.4, 0.5) is 26.2 Å². The van der Waals surface area contributed by atoms with Crippen molar-refractivity contribution in [3.05, 3.63) is 123 Å². The summed E-state index contributed by atoms with van der Waals surface area (Å²) in [6, 6.07) is 23.8. The lowest BCUT2D eigenvalue weighted by atomic mass is 10.0. The fourth-order valence-electron chi connectivity index (χ4n) is 7.50. The first-order valence-corrected chi connectivity index (χ1v) is 19.6. The minimum atomic E-state index is -0.518. The van der Waals surface area contributed by atoms with E-state index in [9.17, 15) is 24.1 Å². The van der Waals surface area contributed by atoms with E-state index in [1.807, 2.05) is 53.0 Å². The minimum absolute atomic E-state index is 0.0446. The Morgan fingerprint density at radius 2 is 1.79 bits per heavy atom. The van der Waals surface area contributed by atoms with Gasteiger partial charge in [0.2, 0.25) is 5.91 Å². The highest BCUT2D eigenvalue weighted by Crippen LogP contribution is 2.36. The zero-order valence-electron chi connectivity index (χ0n) is 31.2. The second-order valence-corrected chi connectivity index (χ2v) is 15.0. The summed E-state index contributed by atoms with van der Waals surface area (Å²) in [4.78, 5) is 56.9. The van der Waals surface area contributed by atoms with Gasteiger partial charge in [0.15, 0.2) is 10.8 Å². The van der Waals surface area contributed by atoms with E-state index in [1.165, 1.54) is 13.0 Å². The minimum Gasteiger partial charge on any atom is -0.355 e. The number of anilines is 3. The Hall–Kier alpha value is -6.33. The van der Waals surface area contributed by atoms with Crippen molar-refractivity contribution in [2.45, 2.75) is 32.2 Å². The maximum absolute atomic E-state index is 14.1. The Balaban J connectivity index is 0.848. The topological polar surface area (TPSA) is 167 Å². The molecule has 6 heterocycles. The van der Waals surface area contributed by atoms with Crippen molar-refractivity contribution in [3.8, 4) is 11.4 Å². The Labute approximate surface area is 331 Å². The summed E-state index contributed by atoms with van der Waals surface area (Å²) in [5.41, 5.74) is 4.57. The summed E-state index contributed by atoms with van der Waals surface area (Å²) in [6.45, 7) is 5.69. The number of benzene rings is 2. The second-order valence-electron chi connectivity index (χ2n) is 14.0. The number of hydrogen-bond donors (Lipinski definition) is 2. The summed E-state index contributed by atoms with van der Waals surface area (Å²) in [5, 5.41) is 21.9. The van der Waals surface area contributed by atoms with Gasteiger partial charge < -0.3 is 15.1 Å². The molecule has 1 atom stereocenters. The zero-order valence-corrected chi connectivity index (χ0v) is 32.0. The van der Waals surface area contributed by atoms with E-state index in [2.05, 4.69) is 35.3 Å². The molecule has 17 heteroatoms. The van der Waals surface area contributed by atoms with E-state index in [0.29, 0.717) is 50.4 Å². The molecule has 0 aliphatic carbocycles. The molecule has 0 saturated carbocycles. The van der Waals surface area contributed by atoms with Gasteiger partial charge in [-0.1, -0.05) is 36.4 Å². The van der Waals surface area contributed by atoms with Gasteiger partial charge in [-0.25, -0.2) is 23.9 Å². The Kier molecular flexibility index (Phi) is 10.8. The van der Waals surface area contributed by atoms with Gasteiger partial charge in [0.05, 0.1) is 29.4 Å². The van der Waals surface area contributed by atoms with Crippen LogP contribution in [-0.2, 0) is 11.2 Å². The summed E-state index contributed by atoms with van der Waals surface area (Å²) in [6.07, 6.45) is 4.13. The molecular weight excluding hydrogens is 750 g/mol. The highest BCUT2D eigenvalue weighted by molar-refractivity contribution is 7.19. The monoisotopic (exact) mass is 789 g/mol. The van der Waals surface area contributed by atoms with E-state index in [4.69, 9.17) is 10.1 Å². The molecule has 2 saturated heterocycles. The molecule has 0 spiro atoms. The van der Waals surface area contributed by atoms with E-state index in [1.54, 1.807) is 30.5 Å². The average molecular weight is 790 g/mol. The quantitative estimate of drug-likeness (QED) is 0.116. The first-order valence-electron chi connectivity index (χ1n) is 18.8. The second kappa shape index (κ2) is 16.4. The van der Waals surface area contributed by atoms with E-state index in [-0.39, 0.29) is 40.1 Å². The van der Waals surface area contributed by atoms with Gasteiger partial charge in [-0.05, 0) is 91.1 Å². The summed E-state index contributed by atoms with van der Waals surface area (Å²) in [7, 11) is 0. The van der Waals surface area contributed by atoms with Crippen LogP contribution in [0.15, 0.2) is 85.1 Å². The van der Waals surface area contributed by atoms with Crippen molar-refractivity contribution in [3.63, 3.8) is 0 Å². The number of carbonyl (C=O) groups excluding carboxylic acids is 2. The van der Waals surface area contributed by atoms with Gasteiger partial charge in [-0.3, -0.25) is 29.9 Å². The standard InChI is InChI=1S/C40H40FN11O4S/c1-26-39(52(55)56)57-40(44-26)46-38(54)30-10-3-2-7-27(30)16-17-42-37(53)25-48-19-21-49(22-20-48)35-13-5-11-31(45-35)33-24-43-34-14-15-36(47-51(33)34)50-18-6-12-32(50)28-8-4-9-29(41)23-28/h2-5,7-11,13-15,23-24,32H,6,12,16-22,25H2,1H3,(H,42,53)(H,44,46,54). The molecule has 2 N–H and O–H groups in total. The van der Waals surface area contributed by atoms with Crippen LogP contribution in [-0.4, -0.2) is 92.0 Å². The first kappa shape index (κ1) is 37.6. The van der Waals surface area contributed by atoms with Gasteiger partial charge in [-0.15, -0.1) is 5.10 Å². The highest BCUT2D eigenvalue weighted by atomic mass is 32.1. The van der Waals surface area contributed by atoms with Crippen LogP contribution in [0.25, 0.3) is 17.0 Å². The van der Waals surface area contributed by atoms with Crippen molar-refractivity contribution in [1.82, 2.24) is 34.8 Å². The number of fused-ring (bicyclic) bond motifs is 1. The molecule has 2 fully saturated rings. The number of thiazole rings is 1. The number of nitrogens with one attached hydrogen (secondary N) is 2. The maximum atomic E-state index is 14.1. The first-order chi connectivity index (χ1) is 27.7. The summed E-state index contributed by atoms with van der Waals surface area (Å²) < 4.78 is 15.9. The fraction of sp³-hybridized carbons (Fsp3) is 0.300. The van der Waals surface area contributed by atoms with Gasteiger partial charge >= 0.3 is 5.00 Å². The summed E-state index contributed by atoms with van der Waals surface area (Å²) in [5.74, 6) is 0.871. The number of piperazine rings is 1. The van der Waals surface area contributed by atoms with Crippen molar-refractivity contribution in [2.75, 3.05) is 60.9 Å². The molecule has 2 amide bonds. The lowest BCUT2D eigenvalue weighted by Gasteiger charge is -2.35. The normalized spacial score (nSPS) is 15.9. The molecule has 0 bridgehead atoms. The number of nitrogens with zero attached hydrogens (tertiary/aromatic N) is 9. The fourth-order valence-corrected chi connectivity index (χ4v) is 8.28. The summed E-state index contributed by atoms with van der Waals surface area (Å²) >= 11 is 0.813. The third-order valence-electron chi connectivity index (χ3n) is 10.3. The Morgan fingerprint density at radius 3 is 2.60 bits per heavy atom. The maximum Gasteiger partial charge on any atom is 0.348 e. The predicted molar refractivity (Wildman–Crippen MR) is 215 cm³/mol. The number of imidazole rings is 1. The lowest BCUT2D eigenvalue weighted by molar-refractivity contribution is -0.380. The largest absolute Gasteiger partial charge is 0.355 e. The van der Waals surface area contributed by atoms with Gasteiger partial charge in [0.1, 0.15) is 28.8 Å². The number of amides is 2. The average Bonchev–Trinajstić information content (AvgIpc) is 3.97. The van der Waals surface area contributed by atoms with Crippen molar-refractivity contribution >= 4 is 50.6 Å². The van der Waals surface area contributed by atoms with Gasteiger partial charge in [0, 0.05) is 44.8 Å². The molecule has 15 nitrogen and oxygen atoms in total. The van der Waals surface area contributed by atoms with Crippen LogP contribution in [0.2, 0.25) is 0 Å². The molecular formula is C40H40FN11O4S. The van der Waals surface area contributed by atoms with E-state index >= 15 is 0 Å². The van der Waals surface area contributed by atoms with Crippen molar-refractivity contribution in [1.29, 1.82) is 0 Å². The van der Waals surface area contributed by atoms with Gasteiger partial charge in [0.25, 0.3) is 5.91 Å². The number of carbonyl (C=O) groups is 2. The smallest absolute Gasteiger partial charge is 0.348 e. The van der Waals surface area contributed by atoms with Gasteiger partial charge in [-0.2, -0.15) is 0 Å². The van der Waals surface area contributed by atoms with Crippen LogP contribution in [0.1, 0.15) is 46.1 Å². The number of halogens is 1. The molecule has 0 radical (unpaired) electrons. The SMILES string of the molecule is Cc1nc(NC(=O)c2ccccc2CCNC(=O)CN2CCN(c3cccc(-c4cnc5ccc(N6CCCC6c6cccc(F)c6)nn45)n3)CC2)sc1[N+](=O)[O-]. The van der Waals surface area contributed by atoms with Crippen LogP contribution < -0.4 is 20.4 Å². The number of aryl methyl sites for hydroxylation is 1. The Bertz CT molecular complexity index is 2450. The Morgan fingerprint density at radius 1 is 0.965 bits per heavy atom. The molecule has 1 unspecified atom stereocenters. The number of pyridine rings is 1. The molecule has 4 aromatic heterocycles. The van der Waals surface area contributed by atoms with Crippen LogP contribution in [0.3, 0.4) is 0 Å². The van der Waals surface area contributed by atoms with Crippen LogP contribution in [0, 0.1) is 22.9 Å². The van der Waals surface area contributed by atoms with Crippen LogP contribution in [0.5, 0.6) is 0 Å². The molecule has 57 heavy (non-hydrogen) atoms. The molecule has 2 aliphatic heterocycles. The highest BCUT2D eigenvalue weighted by Gasteiger charge is 2.28. The number of rotatable bonds is 12. The third-order valence-corrected chi connectivity index (χ3v) is 11.4. The van der Waals surface area contributed by atoms with Crippen LogP contribution >= 0.6 is 11.3 Å². The zero-order chi connectivity index (χ0) is 39.5. The molecule has 6 aromatic rings. The molecule has 292 valence electrons. The number of hydrogen-bond acceptors (Lipinski definition) is 12. The van der Waals surface area contributed by atoms with Crippen molar-refractivity contribution < 1.29 is 18.9 Å². The third kappa shape index (κ3) is 8.29. The molecule has 2 aliphatic rings. The molecule has 8 rings (SSSR count). The lowest BCUT2D eigenvalue weighted by Crippen LogP contribution is -2.49.